The molecular weight excluding hydrogens is 243 g/mol. The molecule has 0 fully saturated rings. The Morgan fingerprint density at radius 2 is 2.07 bits per heavy atom. The lowest BCUT2D eigenvalue weighted by atomic mass is 10.2. The van der Waals surface area contributed by atoms with Crippen LogP contribution in [0.25, 0.3) is 0 Å². The Morgan fingerprint density at radius 1 is 1.53 bits per heavy atom. The molecule has 0 spiro atoms. The molecule has 0 bridgehead atoms. The molecule has 0 aliphatic rings. The van der Waals surface area contributed by atoms with E-state index in [0.29, 0.717) is 0 Å². The van der Waals surface area contributed by atoms with Gasteiger partial charge in [-0.1, -0.05) is 12.1 Å². The Balaban J connectivity index is -0.00000162. The summed E-state index contributed by atoms with van der Waals surface area (Å²) in [5, 5.41) is 8.60. The van der Waals surface area contributed by atoms with Crippen LogP contribution in [0.3, 0.4) is 0 Å². The maximum atomic E-state index is 10.6. The van der Waals surface area contributed by atoms with Crippen LogP contribution in [0.5, 0.6) is 0 Å². The van der Waals surface area contributed by atoms with E-state index in [1.54, 1.807) is 0 Å². The molecule has 15 heavy (non-hydrogen) atoms. The van der Waals surface area contributed by atoms with Gasteiger partial charge in [0, 0.05) is 2.74 Å². The van der Waals surface area contributed by atoms with Gasteiger partial charge in [-0.3, -0.25) is 4.79 Å². The quantitative estimate of drug-likeness (QED) is 0.301. The molecule has 0 aromatic carbocycles. The van der Waals surface area contributed by atoms with Crippen molar-refractivity contribution < 1.29 is 18.1 Å². The zero-order valence-electron chi connectivity index (χ0n) is 13.4. The predicted molar refractivity (Wildman–Crippen MR) is 64.5 cm³/mol. The standard InChI is InChI=1S/C7H14N4O2.2ClH/c8-5(6(12)13)3-1-2-4-11-7(9)10;;/h1-2,5H,3-4,8H2,(H,12,13)(H4,9,10,11);2*1H/b2-1+;;/i1D,2D,3D2,4D2;;. The first kappa shape index (κ1) is 8.20. The van der Waals surface area contributed by atoms with E-state index in [1.807, 2.05) is 0 Å². The van der Waals surface area contributed by atoms with Crippen LogP contribution in [-0.2, 0) is 4.79 Å². The van der Waals surface area contributed by atoms with Gasteiger partial charge in [-0.25, -0.2) is 4.99 Å². The van der Waals surface area contributed by atoms with Gasteiger partial charge in [-0.15, -0.1) is 24.8 Å². The van der Waals surface area contributed by atoms with Crippen molar-refractivity contribution in [1.29, 1.82) is 0 Å². The smallest absolute Gasteiger partial charge is 0.320 e. The number of nitrogens with two attached hydrogens (primary N) is 3. The molecule has 8 heteroatoms. The van der Waals surface area contributed by atoms with Gasteiger partial charge < -0.3 is 22.3 Å². The number of guanidine groups is 1. The molecular formula is C7H16Cl2N4O2. The topological polar surface area (TPSA) is 128 Å². The summed E-state index contributed by atoms with van der Waals surface area (Å²) in [5.41, 5.74) is 14.9. The Hall–Kier alpha value is -0.980. The van der Waals surface area contributed by atoms with Gasteiger partial charge in [-0.05, 0) is 6.37 Å². The minimum absolute atomic E-state index is 0. The van der Waals surface area contributed by atoms with Crippen LogP contribution in [0.4, 0.5) is 0 Å². The van der Waals surface area contributed by atoms with Crippen LogP contribution in [0, 0.1) is 0 Å². The first-order valence-corrected chi connectivity index (χ1v) is 3.11. The maximum Gasteiger partial charge on any atom is 0.320 e. The van der Waals surface area contributed by atoms with Gasteiger partial charge in [0.05, 0.1) is 12.0 Å². The number of aliphatic carboxylic acids is 1. The highest BCUT2D eigenvalue weighted by Gasteiger charge is 2.07. The molecule has 0 saturated heterocycles. The molecule has 0 aromatic heterocycles. The highest BCUT2D eigenvalue weighted by atomic mass is 35.5. The molecule has 7 N–H and O–H groups in total. The first-order chi connectivity index (χ1) is 8.34. The first-order valence-electron chi connectivity index (χ1n) is 6.11. The minimum atomic E-state index is -2.95. The van der Waals surface area contributed by atoms with Crippen LogP contribution >= 0.6 is 24.8 Å². The molecule has 0 radical (unpaired) electrons. The lowest BCUT2D eigenvalue weighted by molar-refractivity contribution is -0.138. The van der Waals surface area contributed by atoms with Crippen molar-refractivity contribution >= 4 is 36.7 Å². The summed E-state index contributed by atoms with van der Waals surface area (Å²) in [7, 11) is 0. The van der Waals surface area contributed by atoms with Crippen molar-refractivity contribution in [3.63, 3.8) is 0 Å². The number of hydrogen-bond acceptors (Lipinski definition) is 3. The second-order valence-corrected chi connectivity index (χ2v) is 1.86. The van der Waals surface area contributed by atoms with Crippen LogP contribution in [0.2, 0.25) is 0 Å². The number of carboxylic acid groups (broad SMARTS) is 1. The molecule has 0 aliphatic heterocycles. The number of carboxylic acids is 1. The Labute approximate surface area is 109 Å². The molecule has 1 atom stereocenters. The molecule has 6 nitrogen and oxygen atoms in total. The molecule has 0 amide bonds. The van der Waals surface area contributed by atoms with E-state index in [0.717, 1.165) is 0 Å². The number of aliphatic imine (C=N–C) groups is 1. The SMILES string of the molecule is Cl.Cl.[2H]/C(=C(/[2H])C([2H])([2H])C(N)C(=O)O)C([2H])([2H])N=C(N)N. The zero-order chi connectivity index (χ0) is 15.6. The highest BCUT2D eigenvalue weighted by molar-refractivity contribution is 5.85. The van der Waals surface area contributed by atoms with Crippen molar-refractivity contribution in [2.45, 2.75) is 12.4 Å². The fourth-order valence-corrected chi connectivity index (χ4v) is 0.296. The lowest BCUT2D eigenvalue weighted by Crippen LogP contribution is -2.29. The third-order valence-corrected chi connectivity index (χ3v) is 0.797. The summed E-state index contributed by atoms with van der Waals surface area (Å²) in [6.45, 7) is -2.86. The number of hydrogen-bond donors (Lipinski definition) is 4. The van der Waals surface area contributed by atoms with E-state index in [9.17, 15) is 4.79 Å². The van der Waals surface area contributed by atoms with Gasteiger partial charge in [0.15, 0.2) is 5.96 Å². The molecule has 0 rings (SSSR count). The zero-order valence-corrected chi connectivity index (χ0v) is 9.06. The average Bonchev–Trinajstić information content (AvgIpc) is 2.23. The average molecular weight is 265 g/mol. The summed E-state index contributed by atoms with van der Waals surface area (Å²) in [4.78, 5) is 13.6. The third-order valence-electron chi connectivity index (χ3n) is 0.797. The van der Waals surface area contributed by atoms with Crippen molar-refractivity contribution in [3.05, 3.63) is 12.1 Å². The van der Waals surface area contributed by atoms with Gasteiger partial charge in [-0.2, -0.15) is 0 Å². The molecule has 0 saturated carbocycles. The number of halogens is 2. The van der Waals surface area contributed by atoms with Crippen molar-refractivity contribution in [3.8, 4) is 0 Å². The third kappa shape index (κ3) is 13.0. The molecule has 0 aromatic rings. The normalized spacial score (nSPS) is 20.1. The van der Waals surface area contributed by atoms with Crippen LogP contribution in [0.1, 0.15) is 14.6 Å². The van der Waals surface area contributed by atoms with E-state index < -0.39 is 42.9 Å². The van der Waals surface area contributed by atoms with E-state index in [4.69, 9.17) is 30.5 Å². The maximum absolute atomic E-state index is 10.6. The van der Waals surface area contributed by atoms with Gasteiger partial charge in [0.2, 0.25) is 0 Å². The summed E-state index contributed by atoms with van der Waals surface area (Å²) in [6, 6.07) is -4.60. The van der Waals surface area contributed by atoms with E-state index in [1.165, 1.54) is 0 Å². The highest BCUT2D eigenvalue weighted by Crippen LogP contribution is 1.90. The Bertz CT molecular complexity index is 441. The summed E-state index contributed by atoms with van der Waals surface area (Å²) in [6.07, 6.45) is -2.95. The monoisotopic (exact) mass is 264 g/mol. The fraction of sp³-hybridized carbons (Fsp3) is 0.429. The molecule has 0 aliphatic carbocycles. The lowest BCUT2D eigenvalue weighted by Gasteiger charge is -1.99. The van der Waals surface area contributed by atoms with Crippen molar-refractivity contribution in [2.24, 2.45) is 22.2 Å². The van der Waals surface area contributed by atoms with Gasteiger partial charge >= 0.3 is 5.97 Å². The Kier molecular flexibility index (Phi) is 6.07. The Morgan fingerprint density at radius 3 is 2.47 bits per heavy atom. The number of nitrogens with zero attached hydrogens (tertiary/aromatic N) is 1. The minimum Gasteiger partial charge on any atom is -0.480 e. The summed E-state index contributed by atoms with van der Waals surface area (Å²) >= 11 is 0. The van der Waals surface area contributed by atoms with Gasteiger partial charge in [0.25, 0.3) is 0 Å². The number of carbonyl (C=O) groups is 1. The van der Waals surface area contributed by atoms with Crippen molar-refractivity contribution in [2.75, 3.05) is 6.50 Å². The molecule has 1 unspecified atom stereocenters. The van der Waals surface area contributed by atoms with Crippen LogP contribution < -0.4 is 17.2 Å². The summed E-state index contributed by atoms with van der Waals surface area (Å²) < 4.78 is 44.2. The second kappa shape index (κ2) is 11.1. The van der Waals surface area contributed by atoms with Crippen LogP contribution in [-0.4, -0.2) is 29.6 Å². The molecule has 0 heterocycles. The molecule has 90 valence electrons. The van der Waals surface area contributed by atoms with Crippen LogP contribution in [0.15, 0.2) is 17.1 Å². The van der Waals surface area contributed by atoms with Crippen molar-refractivity contribution in [1.82, 2.24) is 0 Å². The van der Waals surface area contributed by atoms with E-state index >= 15 is 0 Å². The second-order valence-electron chi connectivity index (χ2n) is 1.86. The summed E-state index contributed by atoms with van der Waals surface area (Å²) in [5.74, 6) is -2.43. The van der Waals surface area contributed by atoms with E-state index in [2.05, 4.69) is 4.99 Å². The van der Waals surface area contributed by atoms with E-state index in [-0.39, 0.29) is 24.8 Å². The largest absolute Gasteiger partial charge is 0.480 e. The van der Waals surface area contributed by atoms with Gasteiger partial charge in [0.1, 0.15) is 6.04 Å². The predicted octanol–water partition coefficient (Wildman–Crippen LogP) is -0.538. The fourth-order valence-electron chi connectivity index (χ4n) is 0.296. The number of rotatable bonds is 5.